The van der Waals surface area contributed by atoms with E-state index in [1.54, 1.807) is 0 Å². The molecule has 0 aromatic rings. The molecular weight excluding hydrogens is 341 g/mol. The highest BCUT2D eigenvalue weighted by molar-refractivity contribution is 7.99. The van der Waals surface area contributed by atoms with E-state index in [0.29, 0.717) is 0 Å². The molecule has 0 saturated heterocycles. The number of aliphatic hydroxyl groups is 1. The van der Waals surface area contributed by atoms with Gasteiger partial charge in [0, 0.05) is 30.0 Å². The van der Waals surface area contributed by atoms with Crippen LogP contribution in [-0.4, -0.2) is 47.1 Å². The fourth-order valence-electron chi connectivity index (χ4n) is 1.91. The lowest BCUT2D eigenvalue weighted by atomic mass is 9.87. The second kappa shape index (κ2) is 7.07. The lowest BCUT2D eigenvalue weighted by molar-refractivity contribution is -0.104. The Kier molecular flexibility index (Phi) is 6.13. The highest BCUT2D eigenvalue weighted by Gasteiger charge is 2.50. The van der Waals surface area contributed by atoms with Gasteiger partial charge in [0.15, 0.2) is 0 Å². The summed E-state index contributed by atoms with van der Waals surface area (Å²) in [5.41, 5.74) is -3.66. The lowest BCUT2D eigenvalue weighted by Crippen LogP contribution is -2.46. The first kappa shape index (κ1) is 19.1. The van der Waals surface area contributed by atoms with Crippen molar-refractivity contribution >= 4 is 17.5 Å². The van der Waals surface area contributed by atoms with Gasteiger partial charge < -0.3 is 10.4 Å². The standard InChI is InChI=1S/C11H13F7N2OS/c12-9(13)22-4-3-20-5-1-2-10(14,15)8(21)6(5)7(19)11(16,17)18/h8-9,19-21H,1-4H2/t8-/m0/s1. The second-order valence-corrected chi connectivity index (χ2v) is 5.58. The highest BCUT2D eigenvalue weighted by atomic mass is 32.2. The summed E-state index contributed by atoms with van der Waals surface area (Å²) in [6.45, 7) is -0.197. The van der Waals surface area contributed by atoms with Crippen molar-refractivity contribution < 1.29 is 35.8 Å². The van der Waals surface area contributed by atoms with Crippen molar-refractivity contribution in [2.75, 3.05) is 12.3 Å². The molecule has 0 spiro atoms. The van der Waals surface area contributed by atoms with E-state index in [2.05, 4.69) is 5.32 Å². The molecule has 1 aliphatic rings. The van der Waals surface area contributed by atoms with Gasteiger partial charge in [0.25, 0.3) is 11.7 Å². The zero-order chi connectivity index (χ0) is 17.1. The Hall–Kier alpha value is -0.970. The summed E-state index contributed by atoms with van der Waals surface area (Å²) >= 11 is 0.231. The SMILES string of the molecule is N=C(C1=C(NCCSC(F)F)CCC(F)(F)[C@H]1O)C(F)(F)F. The van der Waals surface area contributed by atoms with Crippen LogP contribution in [0.1, 0.15) is 12.8 Å². The van der Waals surface area contributed by atoms with E-state index < -0.39 is 48.1 Å². The van der Waals surface area contributed by atoms with Crippen molar-refractivity contribution in [1.29, 1.82) is 5.41 Å². The topological polar surface area (TPSA) is 56.1 Å². The van der Waals surface area contributed by atoms with Gasteiger partial charge in [-0.1, -0.05) is 11.8 Å². The van der Waals surface area contributed by atoms with E-state index in [1.165, 1.54) is 0 Å². The molecule has 0 fully saturated rings. The van der Waals surface area contributed by atoms with Gasteiger partial charge in [-0.05, 0) is 6.42 Å². The monoisotopic (exact) mass is 354 g/mol. The number of hydrogen-bond acceptors (Lipinski definition) is 4. The van der Waals surface area contributed by atoms with Gasteiger partial charge in [-0.25, -0.2) is 8.78 Å². The Bertz CT molecular complexity index is 450. The van der Waals surface area contributed by atoms with Crippen molar-refractivity contribution in [3.63, 3.8) is 0 Å². The summed E-state index contributed by atoms with van der Waals surface area (Å²) in [5, 5.41) is 18.8. The number of nitrogens with one attached hydrogen (secondary N) is 2. The molecule has 0 aromatic carbocycles. The smallest absolute Gasteiger partial charge is 0.387 e. The molecule has 0 bridgehead atoms. The molecule has 3 nitrogen and oxygen atoms in total. The van der Waals surface area contributed by atoms with E-state index in [0.717, 1.165) is 0 Å². The first-order chi connectivity index (χ1) is 9.97. The lowest BCUT2D eigenvalue weighted by Gasteiger charge is -2.33. The molecule has 1 rings (SSSR count). The van der Waals surface area contributed by atoms with Crippen molar-refractivity contribution in [1.82, 2.24) is 5.32 Å². The highest BCUT2D eigenvalue weighted by Crippen LogP contribution is 2.39. The van der Waals surface area contributed by atoms with E-state index in [1.807, 2.05) is 0 Å². The Morgan fingerprint density at radius 3 is 2.50 bits per heavy atom. The van der Waals surface area contributed by atoms with Crippen LogP contribution in [0.2, 0.25) is 0 Å². The van der Waals surface area contributed by atoms with Gasteiger partial charge in [0.2, 0.25) is 0 Å². The van der Waals surface area contributed by atoms with Crippen LogP contribution in [0.15, 0.2) is 11.3 Å². The van der Waals surface area contributed by atoms with Crippen molar-refractivity contribution in [2.45, 2.75) is 36.8 Å². The van der Waals surface area contributed by atoms with E-state index >= 15 is 0 Å². The predicted molar refractivity (Wildman–Crippen MR) is 67.5 cm³/mol. The maximum Gasteiger partial charge on any atom is 0.433 e. The third-order valence-electron chi connectivity index (χ3n) is 2.94. The van der Waals surface area contributed by atoms with Gasteiger partial charge in [0.05, 0.1) is 0 Å². The normalized spacial score (nSPS) is 22.1. The molecule has 0 unspecified atom stereocenters. The van der Waals surface area contributed by atoms with Gasteiger partial charge >= 0.3 is 6.18 Å². The summed E-state index contributed by atoms with van der Waals surface area (Å²) < 4.78 is 88.4. The molecule has 1 atom stereocenters. The van der Waals surface area contributed by atoms with Gasteiger partial charge in [-0.15, -0.1) is 0 Å². The molecule has 0 aromatic heterocycles. The number of hydrogen-bond donors (Lipinski definition) is 3. The number of aliphatic hydroxyl groups excluding tert-OH is 1. The van der Waals surface area contributed by atoms with E-state index in [-0.39, 0.29) is 29.8 Å². The Morgan fingerprint density at radius 2 is 2.00 bits per heavy atom. The minimum absolute atomic E-state index is 0.166. The van der Waals surface area contributed by atoms with Crippen LogP contribution < -0.4 is 5.32 Å². The summed E-state index contributed by atoms with van der Waals surface area (Å²) in [6, 6.07) is 0. The molecule has 0 saturated carbocycles. The zero-order valence-electron chi connectivity index (χ0n) is 11.0. The predicted octanol–water partition coefficient (Wildman–Crippen LogP) is 3.16. The molecule has 1 aliphatic carbocycles. The summed E-state index contributed by atoms with van der Waals surface area (Å²) in [4.78, 5) is 0. The average Bonchev–Trinajstić information content (AvgIpc) is 2.37. The maximum atomic E-state index is 13.4. The van der Waals surface area contributed by atoms with Crippen LogP contribution in [0.25, 0.3) is 0 Å². The first-order valence-corrected chi connectivity index (χ1v) is 7.10. The Balaban J connectivity index is 2.96. The minimum Gasteiger partial charge on any atom is -0.387 e. The average molecular weight is 354 g/mol. The Morgan fingerprint density at radius 1 is 1.41 bits per heavy atom. The molecule has 0 aliphatic heterocycles. The molecule has 0 radical (unpaired) electrons. The molecule has 3 N–H and O–H groups in total. The first-order valence-electron chi connectivity index (χ1n) is 6.05. The maximum absolute atomic E-state index is 13.4. The fraction of sp³-hybridized carbons (Fsp3) is 0.727. The van der Waals surface area contributed by atoms with Gasteiger partial charge in [-0.3, -0.25) is 5.41 Å². The summed E-state index contributed by atoms with van der Waals surface area (Å²) in [6.07, 6.45) is -9.38. The quantitative estimate of drug-likeness (QED) is 0.390. The summed E-state index contributed by atoms with van der Waals surface area (Å²) in [5.74, 6) is -6.61. The molecular formula is C11H13F7N2OS. The molecule has 0 heterocycles. The van der Waals surface area contributed by atoms with Crippen molar-refractivity contribution in [3.05, 3.63) is 11.3 Å². The molecule has 11 heteroatoms. The van der Waals surface area contributed by atoms with Crippen molar-refractivity contribution in [2.24, 2.45) is 0 Å². The number of thioether (sulfide) groups is 1. The third kappa shape index (κ3) is 4.77. The van der Waals surface area contributed by atoms with Gasteiger partial charge in [0.1, 0.15) is 11.8 Å². The number of halogens is 7. The van der Waals surface area contributed by atoms with E-state index in [9.17, 15) is 35.8 Å². The summed E-state index contributed by atoms with van der Waals surface area (Å²) in [7, 11) is 0. The van der Waals surface area contributed by atoms with E-state index in [4.69, 9.17) is 5.41 Å². The zero-order valence-corrected chi connectivity index (χ0v) is 11.8. The molecule has 0 amide bonds. The van der Waals surface area contributed by atoms with Crippen LogP contribution in [0.4, 0.5) is 30.7 Å². The third-order valence-corrected chi connectivity index (χ3v) is 3.64. The minimum atomic E-state index is -5.20. The number of rotatable bonds is 6. The van der Waals surface area contributed by atoms with Crippen LogP contribution in [-0.2, 0) is 0 Å². The fourth-order valence-corrected chi connectivity index (χ4v) is 2.31. The second-order valence-electron chi connectivity index (χ2n) is 4.49. The molecule has 22 heavy (non-hydrogen) atoms. The van der Waals surface area contributed by atoms with Gasteiger partial charge in [-0.2, -0.15) is 22.0 Å². The molecule has 128 valence electrons. The number of allylic oxidation sites excluding steroid dienone is 1. The number of alkyl halides is 7. The largest absolute Gasteiger partial charge is 0.433 e. The van der Waals surface area contributed by atoms with Crippen LogP contribution in [0.5, 0.6) is 0 Å². The van der Waals surface area contributed by atoms with Crippen LogP contribution in [0, 0.1) is 5.41 Å². The van der Waals surface area contributed by atoms with Crippen molar-refractivity contribution in [3.8, 4) is 0 Å². The van der Waals surface area contributed by atoms with Crippen LogP contribution in [0.3, 0.4) is 0 Å². The van der Waals surface area contributed by atoms with Crippen LogP contribution >= 0.6 is 11.8 Å². The Labute approximate surface area is 125 Å².